The van der Waals surface area contributed by atoms with Crippen molar-refractivity contribution in [1.29, 1.82) is 0 Å². The summed E-state index contributed by atoms with van der Waals surface area (Å²) in [5, 5.41) is 0.957. The number of fused-ring (bicyclic) bond motifs is 1. The number of hydrogen-bond donors (Lipinski definition) is 1. The smallest absolute Gasteiger partial charge is 0.263 e. The number of aromatic nitrogens is 2. The van der Waals surface area contributed by atoms with Crippen LogP contribution in [0, 0.1) is 0 Å². The molecule has 0 saturated carbocycles. The normalized spacial score (nSPS) is 16.2. The van der Waals surface area contributed by atoms with Crippen LogP contribution >= 0.6 is 23.1 Å². The Labute approximate surface area is 213 Å². The van der Waals surface area contributed by atoms with Gasteiger partial charge in [0.1, 0.15) is 6.33 Å². The van der Waals surface area contributed by atoms with Crippen molar-refractivity contribution in [2.75, 3.05) is 53.8 Å². The summed E-state index contributed by atoms with van der Waals surface area (Å²) in [5.74, 6) is 0.122. The number of carbonyl (C=O) groups excluding carboxylic acids is 1. The first-order valence-corrected chi connectivity index (χ1v) is 14.0. The van der Waals surface area contributed by atoms with Crippen LogP contribution in [0.2, 0.25) is 5.02 Å². The summed E-state index contributed by atoms with van der Waals surface area (Å²) in [6, 6.07) is 12.6. The predicted molar refractivity (Wildman–Crippen MR) is 138 cm³/mol. The number of nitrogens with zero attached hydrogens (tertiary/aromatic N) is 5. The minimum absolute atomic E-state index is 0.122. The maximum Gasteiger partial charge on any atom is 0.263 e. The molecule has 1 fully saturated rings. The quantitative estimate of drug-likeness (QED) is 0.521. The van der Waals surface area contributed by atoms with Crippen molar-refractivity contribution >= 4 is 55.6 Å². The zero-order valence-electron chi connectivity index (χ0n) is 18.9. The molecule has 9 nitrogen and oxygen atoms in total. The van der Waals surface area contributed by atoms with Gasteiger partial charge in [-0.15, -0.1) is 0 Å². The summed E-state index contributed by atoms with van der Waals surface area (Å²) < 4.78 is 31.3. The number of amides is 1. The number of rotatable bonds is 6. The van der Waals surface area contributed by atoms with E-state index in [1.54, 1.807) is 24.3 Å². The van der Waals surface area contributed by atoms with Gasteiger partial charge in [0.2, 0.25) is 11.0 Å². The molecule has 0 aliphatic carbocycles. The minimum atomic E-state index is -3.71. The van der Waals surface area contributed by atoms with Gasteiger partial charge >= 0.3 is 0 Å². The Balaban J connectivity index is 1.17. The van der Waals surface area contributed by atoms with Crippen molar-refractivity contribution in [3.63, 3.8) is 0 Å². The summed E-state index contributed by atoms with van der Waals surface area (Å²) in [6.45, 7) is 3.85. The molecule has 1 amide bonds. The van der Waals surface area contributed by atoms with Crippen LogP contribution < -0.4 is 14.5 Å². The van der Waals surface area contributed by atoms with Crippen LogP contribution in [0.25, 0.3) is 0 Å². The van der Waals surface area contributed by atoms with Gasteiger partial charge in [-0.05, 0) is 60.9 Å². The maximum atomic E-state index is 13.0. The van der Waals surface area contributed by atoms with Crippen molar-refractivity contribution in [3.8, 4) is 0 Å². The fourth-order valence-corrected chi connectivity index (χ4v) is 6.37. The number of carbonyl (C=O) groups is 1. The fraction of sp³-hybridized carbons (Fsp3) is 0.348. The standard InChI is InChI=1S/C23H25ClN6O3S2/c24-18-3-8-21-17(14-18)2-1-9-30(21)15-22(31)29-12-10-28(11-13-29)19-4-6-20(7-5-19)35(32,33)27-23-25-16-26-34-23/h3-8,14,16H,1-2,9-13,15H2,(H,25,26,27). The Hall–Kier alpha value is -2.89. The van der Waals surface area contributed by atoms with Crippen LogP contribution in [0.5, 0.6) is 0 Å². The lowest BCUT2D eigenvalue weighted by molar-refractivity contribution is -0.130. The third-order valence-corrected chi connectivity index (χ3v) is 8.61. The molecule has 2 aliphatic heterocycles. The fourth-order valence-electron chi connectivity index (χ4n) is 4.51. The highest BCUT2D eigenvalue weighted by Gasteiger charge is 2.25. The highest BCUT2D eigenvalue weighted by molar-refractivity contribution is 7.93. The van der Waals surface area contributed by atoms with E-state index in [1.165, 1.54) is 11.9 Å². The first-order valence-electron chi connectivity index (χ1n) is 11.3. The number of aryl methyl sites for hydroxylation is 1. The SMILES string of the molecule is O=C(CN1CCCc2cc(Cl)ccc21)N1CCN(c2ccc(S(=O)(=O)Nc3ncns3)cc2)CC1. The average molecular weight is 533 g/mol. The van der Waals surface area contributed by atoms with Crippen molar-refractivity contribution in [3.05, 3.63) is 59.4 Å². The summed E-state index contributed by atoms with van der Waals surface area (Å²) in [6.07, 6.45) is 3.30. The Kier molecular flexibility index (Phi) is 6.81. The second-order valence-electron chi connectivity index (χ2n) is 8.51. The van der Waals surface area contributed by atoms with Gasteiger partial charge < -0.3 is 14.7 Å². The first kappa shape index (κ1) is 23.8. The monoisotopic (exact) mass is 532 g/mol. The third kappa shape index (κ3) is 5.36. The topological polar surface area (TPSA) is 98.7 Å². The van der Waals surface area contributed by atoms with Crippen LogP contribution in [-0.2, 0) is 21.2 Å². The average Bonchev–Trinajstić information content (AvgIpc) is 3.36. The molecule has 0 unspecified atom stereocenters. The van der Waals surface area contributed by atoms with Crippen molar-refractivity contribution in [2.45, 2.75) is 17.7 Å². The zero-order chi connectivity index (χ0) is 24.4. The maximum absolute atomic E-state index is 13.0. The zero-order valence-corrected chi connectivity index (χ0v) is 21.3. The van der Waals surface area contributed by atoms with Crippen molar-refractivity contribution < 1.29 is 13.2 Å². The molecule has 1 aromatic heterocycles. The summed E-state index contributed by atoms with van der Waals surface area (Å²) in [7, 11) is -3.71. The molecule has 3 aromatic rings. The molecule has 0 spiro atoms. The molecule has 0 atom stereocenters. The first-order chi connectivity index (χ1) is 16.9. The number of nitrogens with one attached hydrogen (secondary N) is 1. The molecule has 0 bridgehead atoms. The molecule has 3 heterocycles. The number of anilines is 3. The molecule has 0 radical (unpaired) electrons. The molecule has 35 heavy (non-hydrogen) atoms. The lowest BCUT2D eigenvalue weighted by atomic mass is 10.0. The number of benzene rings is 2. The number of piperazine rings is 1. The third-order valence-electron chi connectivity index (χ3n) is 6.31. The number of halogens is 1. The Morgan fingerprint density at radius 3 is 2.54 bits per heavy atom. The van der Waals surface area contributed by atoms with Gasteiger partial charge in [-0.3, -0.25) is 9.52 Å². The number of sulfonamides is 1. The van der Waals surface area contributed by atoms with E-state index < -0.39 is 10.0 Å². The van der Waals surface area contributed by atoms with Gasteiger partial charge in [0.25, 0.3) is 10.0 Å². The highest BCUT2D eigenvalue weighted by atomic mass is 35.5. The van der Waals surface area contributed by atoms with Gasteiger partial charge in [0.15, 0.2) is 0 Å². The Bertz CT molecular complexity index is 1290. The Morgan fingerprint density at radius 1 is 1.06 bits per heavy atom. The molecule has 2 aromatic carbocycles. The lowest BCUT2D eigenvalue weighted by Crippen LogP contribution is -2.51. The molecule has 5 rings (SSSR count). The van der Waals surface area contributed by atoms with Crippen molar-refractivity contribution in [2.24, 2.45) is 0 Å². The van der Waals surface area contributed by atoms with Crippen LogP contribution in [0.3, 0.4) is 0 Å². The summed E-state index contributed by atoms with van der Waals surface area (Å²) >= 11 is 7.12. The van der Waals surface area contributed by atoms with E-state index >= 15 is 0 Å². The summed E-state index contributed by atoms with van der Waals surface area (Å²) in [5.41, 5.74) is 3.22. The highest BCUT2D eigenvalue weighted by Crippen LogP contribution is 2.29. The van der Waals surface area contributed by atoms with Crippen LogP contribution in [0.4, 0.5) is 16.5 Å². The van der Waals surface area contributed by atoms with E-state index in [9.17, 15) is 13.2 Å². The molecular formula is C23H25ClN6O3S2. The predicted octanol–water partition coefficient (Wildman–Crippen LogP) is 3.09. The van der Waals surface area contributed by atoms with E-state index in [1.807, 2.05) is 23.1 Å². The lowest BCUT2D eigenvalue weighted by Gasteiger charge is -2.38. The van der Waals surface area contributed by atoms with Gasteiger partial charge in [0.05, 0.1) is 11.4 Å². The molecular weight excluding hydrogens is 508 g/mol. The number of hydrogen-bond acceptors (Lipinski definition) is 8. The second kappa shape index (κ2) is 10.00. The molecule has 1 saturated heterocycles. The van der Waals surface area contributed by atoms with Crippen LogP contribution in [0.15, 0.2) is 53.7 Å². The molecule has 184 valence electrons. The van der Waals surface area contributed by atoms with E-state index in [-0.39, 0.29) is 15.9 Å². The molecule has 1 N–H and O–H groups in total. The van der Waals surface area contributed by atoms with E-state index in [0.717, 1.165) is 47.3 Å². The van der Waals surface area contributed by atoms with Gasteiger partial charge in [-0.1, -0.05) is 11.6 Å². The second-order valence-corrected chi connectivity index (χ2v) is 11.4. The van der Waals surface area contributed by atoms with E-state index in [0.29, 0.717) is 32.7 Å². The molecule has 2 aliphatic rings. The van der Waals surface area contributed by atoms with E-state index in [2.05, 4.69) is 23.9 Å². The van der Waals surface area contributed by atoms with E-state index in [4.69, 9.17) is 11.6 Å². The molecule has 12 heteroatoms. The Morgan fingerprint density at radius 2 is 1.83 bits per heavy atom. The van der Waals surface area contributed by atoms with Gasteiger partial charge in [0, 0.05) is 60.7 Å². The van der Waals surface area contributed by atoms with Gasteiger partial charge in [-0.25, -0.2) is 13.4 Å². The summed E-state index contributed by atoms with van der Waals surface area (Å²) in [4.78, 5) is 23.3. The largest absolute Gasteiger partial charge is 0.368 e. The van der Waals surface area contributed by atoms with Crippen LogP contribution in [-0.4, -0.2) is 67.9 Å². The van der Waals surface area contributed by atoms with Crippen LogP contribution in [0.1, 0.15) is 12.0 Å². The van der Waals surface area contributed by atoms with Gasteiger partial charge in [-0.2, -0.15) is 4.37 Å². The minimum Gasteiger partial charge on any atom is -0.368 e. The van der Waals surface area contributed by atoms with Crippen molar-refractivity contribution in [1.82, 2.24) is 14.3 Å².